The van der Waals surface area contributed by atoms with Crippen molar-refractivity contribution >= 4 is 64.0 Å². The Kier molecular flexibility index (Phi) is 6.67. The van der Waals surface area contributed by atoms with Crippen molar-refractivity contribution in [2.24, 2.45) is 5.92 Å². The number of hydrogen-bond donors (Lipinski definition) is 1. The Morgan fingerprint density at radius 2 is 1.90 bits per heavy atom. The van der Waals surface area contributed by atoms with Crippen LogP contribution < -0.4 is 10.2 Å². The van der Waals surface area contributed by atoms with E-state index in [0.29, 0.717) is 26.4 Å². The first kappa shape index (κ1) is 21.4. The van der Waals surface area contributed by atoms with Gasteiger partial charge in [-0.2, -0.15) is 0 Å². The van der Waals surface area contributed by atoms with Crippen molar-refractivity contribution in [2.45, 2.75) is 13.3 Å². The van der Waals surface area contributed by atoms with Gasteiger partial charge in [0.1, 0.15) is 0 Å². The molecule has 6 nitrogen and oxygen atoms in total. The maximum Gasteiger partial charge on any atom is 0.311 e. The highest BCUT2D eigenvalue weighted by molar-refractivity contribution is 6.42. The number of hydrogen-bond acceptors (Lipinski definition) is 4. The predicted octanol–water partition coefficient (Wildman–Crippen LogP) is 4.49. The number of amides is 2. The van der Waals surface area contributed by atoms with Gasteiger partial charge in [-0.25, -0.2) is 0 Å². The molecule has 1 aliphatic rings. The van der Waals surface area contributed by atoms with E-state index >= 15 is 0 Å². The highest BCUT2D eigenvalue weighted by Crippen LogP contribution is 2.31. The Labute approximate surface area is 182 Å². The van der Waals surface area contributed by atoms with Crippen LogP contribution in [0.1, 0.15) is 12.0 Å². The average Bonchev–Trinajstić information content (AvgIpc) is 3.06. The summed E-state index contributed by atoms with van der Waals surface area (Å²) in [6, 6.07) is 9.87. The van der Waals surface area contributed by atoms with Crippen LogP contribution in [0, 0.1) is 12.8 Å². The summed E-state index contributed by atoms with van der Waals surface area (Å²) in [5, 5.41) is 3.76. The summed E-state index contributed by atoms with van der Waals surface area (Å²) in [5.74, 6) is -1.98. The van der Waals surface area contributed by atoms with Gasteiger partial charge in [0.2, 0.25) is 5.91 Å². The van der Waals surface area contributed by atoms with Crippen molar-refractivity contribution in [3.8, 4) is 0 Å². The number of nitrogens with one attached hydrogen (secondary N) is 1. The molecule has 0 radical (unpaired) electrons. The first-order valence-corrected chi connectivity index (χ1v) is 9.86. The topological polar surface area (TPSA) is 75.7 Å². The zero-order chi connectivity index (χ0) is 21.1. The van der Waals surface area contributed by atoms with Crippen LogP contribution in [0.25, 0.3) is 0 Å². The number of nitrogens with zero attached hydrogens (tertiary/aromatic N) is 1. The Bertz CT molecular complexity index is 980. The molecule has 2 aromatic rings. The van der Waals surface area contributed by atoms with Crippen molar-refractivity contribution in [3.05, 3.63) is 57.0 Å². The molecule has 1 N–H and O–H groups in total. The molecule has 1 heterocycles. The molecule has 2 aromatic carbocycles. The Morgan fingerprint density at radius 1 is 1.14 bits per heavy atom. The number of esters is 1. The maximum absolute atomic E-state index is 12.4. The van der Waals surface area contributed by atoms with Gasteiger partial charge in [0.15, 0.2) is 6.61 Å². The van der Waals surface area contributed by atoms with Gasteiger partial charge < -0.3 is 15.0 Å². The third-order valence-electron chi connectivity index (χ3n) is 4.54. The Morgan fingerprint density at radius 3 is 2.62 bits per heavy atom. The minimum atomic E-state index is -0.654. The molecule has 1 saturated heterocycles. The van der Waals surface area contributed by atoms with Gasteiger partial charge in [-0.15, -0.1) is 0 Å². The predicted molar refractivity (Wildman–Crippen MR) is 113 cm³/mol. The SMILES string of the molecule is Cc1c(Cl)cccc1N1C[C@@H](C(=O)OCC(=O)Nc2ccc(Cl)c(Cl)c2)CC1=O. The molecule has 152 valence electrons. The molecule has 0 bridgehead atoms. The summed E-state index contributed by atoms with van der Waals surface area (Å²) in [6.45, 7) is 1.51. The van der Waals surface area contributed by atoms with Crippen LogP contribution in [-0.4, -0.2) is 30.9 Å². The number of carbonyl (C=O) groups is 3. The standard InChI is InChI=1S/C20H17Cl3N2O4/c1-11-14(21)3-2-4-17(11)25-9-12(7-19(25)27)20(28)29-10-18(26)24-13-5-6-15(22)16(23)8-13/h2-6,8,12H,7,9-10H2,1H3,(H,24,26)/t12-/m0/s1. The summed E-state index contributed by atoms with van der Waals surface area (Å²) in [6.07, 6.45) is 0.0131. The minimum absolute atomic E-state index is 0.0131. The molecule has 0 saturated carbocycles. The number of anilines is 2. The molecule has 2 amide bonds. The fraction of sp³-hybridized carbons (Fsp3) is 0.250. The van der Waals surface area contributed by atoms with Crippen LogP contribution in [0.15, 0.2) is 36.4 Å². The van der Waals surface area contributed by atoms with Gasteiger partial charge >= 0.3 is 5.97 Å². The highest BCUT2D eigenvalue weighted by atomic mass is 35.5. The molecular weight excluding hydrogens is 439 g/mol. The number of halogens is 3. The molecule has 1 fully saturated rings. The fourth-order valence-electron chi connectivity index (χ4n) is 3.01. The van der Waals surface area contributed by atoms with E-state index in [1.54, 1.807) is 30.3 Å². The number of ether oxygens (including phenoxy) is 1. The van der Waals surface area contributed by atoms with Gasteiger partial charge in [0, 0.05) is 29.4 Å². The van der Waals surface area contributed by atoms with Crippen molar-refractivity contribution in [3.63, 3.8) is 0 Å². The Hall–Kier alpha value is -2.28. The molecule has 1 atom stereocenters. The van der Waals surface area contributed by atoms with Crippen molar-refractivity contribution < 1.29 is 19.1 Å². The van der Waals surface area contributed by atoms with E-state index in [4.69, 9.17) is 39.5 Å². The molecule has 1 aliphatic heterocycles. The second-order valence-corrected chi connectivity index (χ2v) is 7.80. The summed E-state index contributed by atoms with van der Waals surface area (Å²) >= 11 is 17.8. The van der Waals surface area contributed by atoms with E-state index in [1.807, 2.05) is 6.92 Å². The Balaban J connectivity index is 1.56. The first-order chi connectivity index (χ1) is 13.8. The van der Waals surface area contributed by atoms with E-state index in [0.717, 1.165) is 5.56 Å². The van der Waals surface area contributed by atoms with E-state index in [2.05, 4.69) is 5.32 Å². The molecule has 0 aliphatic carbocycles. The number of carbonyl (C=O) groups excluding carboxylic acids is 3. The van der Waals surface area contributed by atoms with Gasteiger partial charge in [-0.3, -0.25) is 14.4 Å². The minimum Gasteiger partial charge on any atom is -0.455 e. The highest BCUT2D eigenvalue weighted by Gasteiger charge is 2.37. The van der Waals surface area contributed by atoms with E-state index in [9.17, 15) is 14.4 Å². The summed E-state index contributed by atoms with van der Waals surface area (Å²) in [4.78, 5) is 38.2. The van der Waals surface area contributed by atoms with Gasteiger partial charge in [0.05, 0.1) is 16.0 Å². The molecule has 0 aromatic heterocycles. The number of rotatable bonds is 5. The van der Waals surface area contributed by atoms with Gasteiger partial charge in [0.25, 0.3) is 5.91 Å². The maximum atomic E-state index is 12.4. The zero-order valence-electron chi connectivity index (χ0n) is 15.4. The lowest BCUT2D eigenvalue weighted by molar-refractivity contribution is -0.151. The van der Waals surface area contributed by atoms with E-state index in [1.165, 1.54) is 11.0 Å². The van der Waals surface area contributed by atoms with E-state index < -0.39 is 24.4 Å². The summed E-state index contributed by atoms with van der Waals surface area (Å²) < 4.78 is 5.09. The van der Waals surface area contributed by atoms with E-state index in [-0.39, 0.29) is 18.9 Å². The first-order valence-electron chi connectivity index (χ1n) is 8.73. The molecular formula is C20H17Cl3N2O4. The average molecular weight is 456 g/mol. The van der Waals surface area contributed by atoms with Crippen LogP contribution in [0.3, 0.4) is 0 Å². The third-order valence-corrected chi connectivity index (χ3v) is 5.69. The monoisotopic (exact) mass is 454 g/mol. The second-order valence-electron chi connectivity index (χ2n) is 6.57. The molecule has 0 spiro atoms. The van der Waals surface area contributed by atoms with Crippen LogP contribution in [0.5, 0.6) is 0 Å². The lowest BCUT2D eigenvalue weighted by atomic mass is 10.1. The van der Waals surface area contributed by atoms with Crippen molar-refractivity contribution in [1.29, 1.82) is 0 Å². The third kappa shape index (κ3) is 5.01. The van der Waals surface area contributed by atoms with Crippen LogP contribution in [0.4, 0.5) is 11.4 Å². The molecule has 3 rings (SSSR count). The fourth-order valence-corrected chi connectivity index (χ4v) is 3.48. The quantitative estimate of drug-likeness (QED) is 0.674. The summed E-state index contributed by atoms with van der Waals surface area (Å²) in [7, 11) is 0. The summed E-state index contributed by atoms with van der Waals surface area (Å²) in [5.41, 5.74) is 1.85. The molecule has 0 unspecified atom stereocenters. The smallest absolute Gasteiger partial charge is 0.311 e. The molecule has 9 heteroatoms. The van der Waals surface area contributed by atoms with Gasteiger partial charge in [-0.05, 0) is 42.8 Å². The zero-order valence-corrected chi connectivity index (χ0v) is 17.6. The normalized spacial score (nSPS) is 16.1. The van der Waals surface area contributed by atoms with Crippen molar-refractivity contribution in [1.82, 2.24) is 0 Å². The second kappa shape index (κ2) is 9.03. The molecule has 29 heavy (non-hydrogen) atoms. The number of benzene rings is 2. The van der Waals surface area contributed by atoms with Crippen LogP contribution in [-0.2, 0) is 19.1 Å². The van der Waals surface area contributed by atoms with Crippen LogP contribution >= 0.6 is 34.8 Å². The van der Waals surface area contributed by atoms with Crippen molar-refractivity contribution in [2.75, 3.05) is 23.4 Å². The largest absolute Gasteiger partial charge is 0.455 e. The van der Waals surface area contributed by atoms with Crippen LogP contribution in [0.2, 0.25) is 15.1 Å². The lowest BCUT2D eigenvalue weighted by Crippen LogP contribution is -2.28. The lowest BCUT2D eigenvalue weighted by Gasteiger charge is -2.19. The van der Waals surface area contributed by atoms with Gasteiger partial charge in [-0.1, -0.05) is 40.9 Å².